The first kappa shape index (κ1) is 13.5. The average Bonchev–Trinajstić information content (AvgIpc) is 2.78. The first-order valence-electron chi connectivity index (χ1n) is 6.41. The zero-order chi connectivity index (χ0) is 12.1. The fourth-order valence-electron chi connectivity index (χ4n) is 2.24. The lowest BCUT2D eigenvalue weighted by molar-refractivity contribution is -0.00740. The predicted octanol–water partition coefficient (Wildman–Crippen LogP) is 4.12. The van der Waals surface area contributed by atoms with Gasteiger partial charge in [-0.05, 0) is 60.3 Å². The number of nitrogens with one attached hydrogen (secondary N) is 1. The van der Waals surface area contributed by atoms with Gasteiger partial charge in [-0.15, -0.1) is 11.3 Å². The Morgan fingerprint density at radius 1 is 1.53 bits per heavy atom. The fraction of sp³-hybridized carbons (Fsp3) is 0.692. The Hall–Kier alpha value is 0.1000. The summed E-state index contributed by atoms with van der Waals surface area (Å²) in [5, 5.41) is 3.63. The Morgan fingerprint density at radius 2 is 2.41 bits per heavy atom. The van der Waals surface area contributed by atoms with E-state index in [1.54, 1.807) is 0 Å². The molecule has 2 unspecified atom stereocenters. The van der Waals surface area contributed by atoms with Gasteiger partial charge in [0, 0.05) is 11.5 Å². The van der Waals surface area contributed by atoms with E-state index in [2.05, 4.69) is 40.3 Å². The summed E-state index contributed by atoms with van der Waals surface area (Å²) in [6.07, 6.45) is 5.19. The maximum absolute atomic E-state index is 5.93. The highest BCUT2D eigenvalue weighted by atomic mass is 79.9. The first-order chi connectivity index (χ1) is 8.31. The van der Waals surface area contributed by atoms with Crippen LogP contribution in [0.5, 0.6) is 0 Å². The van der Waals surface area contributed by atoms with Crippen LogP contribution in [-0.2, 0) is 4.74 Å². The highest BCUT2D eigenvalue weighted by Crippen LogP contribution is 2.33. The van der Waals surface area contributed by atoms with Crippen molar-refractivity contribution in [3.8, 4) is 0 Å². The van der Waals surface area contributed by atoms with Gasteiger partial charge in [-0.3, -0.25) is 0 Å². The van der Waals surface area contributed by atoms with Crippen molar-refractivity contribution in [1.82, 2.24) is 5.32 Å². The van der Waals surface area contributed by atoms with Gasteiger partial charge in [-0.2, -0.15) is 0 Å². The molecule has 1 N–H and O–H groups in total. The molecule has 0 saturated carbocycles. The van der Waals surface area contributed by atoms with Gasteiger partial charge in [-0.1, -0.05) is 6.92 Å². The van der Waals surface area contributed by atoms with Gasteiger partial charge < -0.3 is 10.1 Å². The standard InChI is InChI=1S/C13H20BrNOS/c1-2-8-15-13(10-5-3-4-9-16-10)11-6-7-12(14)17-11/h6-7,10,13,15H,2-5,8-9H2,1H3. The molecule has 96 valence electrons. The zero-order valence-electron chi connectivity index (χ0n) is 10.2. The minimum absolute atomic E-state index is 0.348. The summed E-state index contributed by atoms with van der Waals surface area (Å²) in [5.41, 5.74) is 0. The first-order valence-corrected chi connectivity index (χ1v) is 8.02. The maximum atomic E-state index is 5.93. The zero-order valence-corrected chi connectivity index (χ0v) is 12.6. The molecule has 4 heteroatoms. The Morgan fingerprint density at radius 3 is 3.00 bits per heavy atom. The molecule has 0 aromatic carbocycles. The summed E-state index contributed by atoms with van der Waals surface area (Å²) in [7, 11) is 0. The molecule has 17 heavy (non-hydrogen) atoms. The quantitative estimate of drug-likeness (QED) is 0.882. The lowest BCUT2D eigenvalue weighted by Gasteiger charge is -2.30. The van der Waals surface area contributed by atoms with E-state index in [1.165, 1.54) is 27.9 Å². The number of hydrogen-bond acceptors (Lipinski definition) is 3. The molecule has 0 radical (unpaired) electrons. The summed E-state index contributed by atoms with van der Waals surface area (Å²) >= 11 is 5.36. The predicted molar refractivity (Wildman–Crippen MR) is 76.6 cm³/mol. The summed E-state index contributed by atoms with van der Waals surface area (Å²) in [5.74, 6) is 0. The second kappa shape index (κ2) is 6.88. The van der Waals surface area contributed by atoms with Crippen LogP contribution in [0, 0.1) is 0 Å². The molecule has 1 aliphatic heterocycles. The molecule has 1 aromatic rings. The van der Waals surface area contributed by atoms with E-state index in [0.717, 1.165) is 19.6 Å². The van der Waals surface area contributed by atoms with E-state index in [9.17, 15) is 0 Å². The topological polar surface area (TPSA) is 21.3 Å². The number of halogens is 1. The molecule has 0 amide bonds. The van der Waals surface area contributed by atoms with Crippen LogP contribution >= 0.6 is 27.3 Å². The van der Waals surface area contributed by atoms with E-state index in [0.29, 0.717) is 12.1 Å². The third-order valence-corrected chi connectivity index (χ3v) is 4.81. The third kappa shape index (κ3) is 3.78. The van der Waals surface area contributed by atoms with Gasteiger partial charge in [0.25, 0.3) is 0 Å². The molecule has 0 aliphatic carbocycles. The number of hydrogen-bond donors (Lipinski definition) is 1. The highest BCUT2D eigenvalue weighted by Gasteiger charge is 2.26. The van der Waals surface area contributed by atoms with Crippen LogP contribution in [-0.4, -0.2) is 19.3 Å². The SMILES string of the molecule is CCCNC(c1ccc(Br)s1)C1CCCCO1. The molecule has 1 saturated heterocycles. The van der Waals surface area contributed by atoms with E-state index in [4.69, 9.17) is 4.74 Å². The van der Waals surface area contributed by atoms with Crippen molar-refractivity contribution in [2.45, 2.75) is 44.8 Å². The lowest BCUT2D eigenvalue weighted by Crippen LogP contribution is -2.35. The molecular weight excluding hydrogens is 298 g/mol. The van der Waals surface area contributed by atoms with E-state index < -0.39 is 0 Å². The van der Waals surface area contributed by atoms with Crippen molar-refractivity contribution in [3.63, 3.8) is 0 Å². The largest absolute Gasteiger partial charge is 0.376 e. The van der Waals surface area contributed by atoms with E-state index in [-0.39, 0.29) is 0 Å². The second-order valence-electron chi connectivity index (χ2n) is 4.48. The van der Waals surface area contributed by atoms with Crippen molar-refractivity contribution in [2.24, 2.45) is 0 Å². The van der Waals surface area contributed by atoms with Crippen LogP contribution < -0.4 is 5.32 Å². The molecule has 2 rings (SSSR count). The summed E-state index contributed by atoms with van der Waals surface area (Å²) < 4.78 is 7.13. The minimum Gasteiger partial charge on any atom is -0.376 e. The smallest absolute Gasteiger partial charge is 0.0777 e. The average molecular weight is 318 g/mol. The van der Waals surface area contributed by atoms with Crippen LogP contribution in [0.2, 0.25) is 0 Å². The summed E-state index contributed by atoms with van der Waals surface area (Å²) in [4.78, 5) is 1.39. The Kier molecular flexibility index (Phi) is 5.48. The lowest BCUT2D eigenvalue weighted by atomic mass is 10.0. The van der Waals surface area contributed by atoms with E-state index in [1.807, 2.05) is 11.3 Å². The van der Waals surface area contributed by atoms with Crippen LogP contribution in [0.4, 0.5) is 0 Å². The van der Waals surface area contributed by atoms with Gasteiger partial charge >= 0.3 is 0 Å². The Bertz CT molecular complexity index is 336. The minimum atomic E-state index is 0.348. The third-order valence-electron chi connectivity index (χ3n) is 3.10. The Labute approximate surface area is 116 Å². The Balaban J connectivity index is 2.06. The molecule has 1 aromatic heterocycles. The van der Waals surface area contributed by atoms with E-state index >= 15 is 0 Å². The molecule has 2 nitrogen and oxygen atoms in total. The van der Waals surface area contributed by atoms with Gasteiger partial charge in [0.15, 0.2) is 0 Å². The normalized spacial score (nSPS) is 22.6. The van der Waals surface area contributed by atoms with Gasteiger partial charge in [0.05, 0.1) is 15.9 Å². The van der Waals surface area contributed by atoms with Crippen molar-refractivity contribution in [2.75, 3.05) is 13.2 Å². The van der Waals surface area contributed by atoms with Crippen LogP contribution in [0.25, 0.3) is 0 Å². The molecule has 2 heterocycles. The van der Waals surface area contributed by atoms with Crippen molar-refractivity contribution >= 4 is 27.3 Å². The maximum Gasteiger partial charge on any atom is 0.0777 e. The van der Waals surface area contributed by atoms with Crippen molar-refractivity contribution in [3.05, 3.63) is 20.8 Å². The van der Waals surface area contributed by atoms with Crippen LogP contribution in [0.1, 0.15) is 43.5 Å². The number of ether oxygens (including phenoxy) is 1. The fourth-order valence-corrected chi connectivity index (χ4v) is 3.79. The highest BCUT2D eigenvalue weighted by molar-refractivity contribution is 9.11. The van der Waals surface area contributed by atoms with Gasteiger partial charge in [0.2, 0.25) is 0 Å². The number of thiophene rings is 1. The van der Waals surface area contributed by atoms with Crippen LogP contribution in [0.15, 0.2) is 15.9 Å². The van der Waals surface area contributed by atoms with Crippen molar-refractivity contribution < 1.29 is 4.74 Å². The molecule has 1 aliphatic rings. The van der Waals surface area contributed by atoms with Gasteiger partial charge in [-0.25, -0.2) is 0 Å². The summed E-state index contributed by atoms with van der Waals surface area (Å²) in [6, 6.07) is 4.70. The molecule has 1 fully saturated rings. The molecular formula is C13H20BrNOS. The van der Waals surface area contributed by atoms with Gasteiger partial charge in [0.1, 0.15) is 0 Å². The molecule has 0 bridgehead atoms. The summed E-state index contributed by atoms with van der Waals surface area (Å²) in [6.45, 7) is 4.18. The number of rotatable bonds is 5. The van der Waals surface area contributed by atoms with Crippen LogP contribution in [0.3, 0.4) is 0 Å². The monoisotopic (exact) mass is 317 g/mol. The second-order valence-corrected chi connectivity index (χ2v) is 6.97. The molecule has 2 atom stereocenters. The molecule has 0 spiro atoms. The van der Waals surface area contributed by atoms with Crippen molar-refractivity contribution in [1.29, 1.82) is 0 Å².